The molecule has 3 aromatic rings. The van der Waals surface area contributed by atoms with Gasteiger partial charge in [-0.25, -0.2) is 4.98 Å². The van der Waals surface area contributed by atoms with E-state index in [1.807, 2.05) is 31.2 Å². The number of aryl methyl sites for hydroxylation is 1. The van der Waals surface area contributed by atoms with Crippen LogP contribution in [-0.2, 0) is 17.9 Å². The Morgan fingerprint density at radius 1 is 1.22 bits per heavy atom. The zero-order chi connectivity index (χ0) is 19.6. The highest BCUT2D eigenvalue weighted by atomic mass is 16.6. The Bertz CT molecular complexity index is 1070. The Morgan fingerprint density at radius 3 is 2.59 bits per heavy atom. The second-order valence-corrected chi connectivity index (χ2v) is 6.37. The Balaban J connectivity index is 1.81. The maximum Gasteiger partial charge on any atom is 0.270 e. The second kappa shape index (κ2) is 7.36. The highest BCUT2D eigenvalue weighted by Gasteiger charge is 2.14. The minimum absolute atomic E-state index is 0.112. The van der Waals surface area contributed by atoms with Crippen molar-refractivity contribution in [3.8, 4) is 0 Å². The van der Waals surface area contributed by atoms with Crippen molar-refractivity contribution in [2.24, 2.45) is 0 Å². The summed E-state index contributed by atoms with van der Waals surface area (Å²) < 4.78 is 1.17. The van der Waals surface area contributed by atoms with E-state index >= 15 is 0 Å². The van der Waals surface area contributed by atoms with Gasteiger partial charge in [0.05, 0.1) is 22.2 Å². The standard InChI is InChI=1S/C19H18N4O4/c1-13-3-5-14(6-4-13)10-21(2)18(24)11-22-12-20-17-8-7-15(23(26)27)9-16(17)19(22)25/h3-9,12H,10-11H2,1-2H3. The summed E-state index contributed by atoms with van der Waals surface area (Å²) >= 11 is 0. The third kappa shape index (κ3) is 4.00. The van der Waals surface area contributed by atoms with E-state index in [-0.39, 0.29) is 23.5 Å². The first-order valence-corrected chi connectivity index (χ1v) is 8.28. The summed E-state index contributed by atoms with van der Waals surface area (Å²) in [5.74, 6) is -0.260. The van der Waals surface area contributed by atoms with E-state index in [0.717, 1.165) is 11.1 Å². The van der Waals surface area contributed by atoms with Crippen LogP contribution in [0.3, 0.4) is 0 Å². The van der Waals surface area contributed by atoms with Gasteiger partial charge in [0.1, 0.15) is 6.54 Å². The fourth-order valence-corrected chi connectivity index (χ4v) is 2.70. The fourth-order valence-electron chi connectivity index (χ4n) is 2.70. The summed E-state index contributed by atoms with van der Waals surface area (Å²) in [5, 5.41) is 11.0. The van der Waals surface area contributed by atoms with Crippen LogP contribution < -0.4 is 5.56 Å². The maximum absolute atomic E-state index is 12.6. The summed E-state index contributed by atoms with van der Waals surface area (Å²) in [7, 11) is 1.66. The average Bonchev–Trinajstić information content (AvgIpc) is 2.65. The minimum atomic E-state index is -0.573. The molecule has 0 aliphatic rings. The van der Waals surface area contributed by atoms with Gasteiger partial charge in [-0.05, 0) is 18.6 Å². The fraction of sp³-hybridized carbons (Fsp3) is 0.211. The maximum atomic E-state index is 12.6. The van der Waals surface area contributed by atoms with Crippen molar-refractivity contribution in [2.45, 2.75) is 20.0 Å². The third-order valence-electron chi connectivity index (χ3n) is 4.29. The van der Waals surface area contributed by atoms with Crippen LogP contribution in [-0.4, -0.2) is 32.3 Å². The van der Waals surface area contributed by atoms with Crippen LogP contribution in [0.25, 0.3) is 10.9 Å². The molecule has 8 nitrogen and oxygen atoms in total. The molecule has 2 aromatic carbocycles. The topological polar surface area (TPSA) is 98.3 Å². The molecule has 0 saturated heterocycles. The summed E-state index contributed by atoms with van der Waals surface area (Å²) in [4.78, 5) is 41.1. The molecule has 27 heavy (non-hydrogen) atoms. The summed E-state index contributed by atoms with van der Waals surface area (Å²) in [6.07, 6.45) is 1.29. The van der Waals surface area contributed by atoms with E-state index < -0.39 is 10.5 Å². The lowest BCUT2D eigenvalue weighted by Gasteiger charge is -2.18. The largest absolute Gasteiger partial charge is 0.340 e. The molecule has 1 heterocycles. The molecule has 1 aromatic heterocycles. The van der Waals surface area contributed by atoms with E-state index in [1.165, 1.54) is 34.0 Å². The number of rotatable bonds is 5. The molecule has 0 unspecified atom stereocenters. The molecule has 0 bridgehead atoms. The molecule has 0 atom stereocenters. The van der Waals surface area contributed by atoms with Crippen molar-refractivity contribution in [2.75, 3.05) is 7.05 Å². The zero-order valence-electron chi connectivity index (χ0n) is 15.0. The van der Waals surface area contributed by atoms with E-state index in [2.05, 4.69) is 4.98 Å². The van der Waals surface area contributed by atoms with Gasteiger partial charge >= 0.3 is 0 Å². The van der Waals surface area contributed by atoms with Gasteiger partial charge in [0.15, 0.2) is 0 Å². The van der Waals surface area contributed by atoms with E-state index in [1.54, 1.807) is 7.05 Å². The Hall–Kier alpha value is -3.55. The lowest BCUT2D eigenvalue weighted by atomic mass is 10.1. The number of non-ortho nitro benzene ring substituents is 1. The molecule has 3 rings (SSSR count). The third-order valence-corrected chi connectivity index (χ3v) is 4.29. The van der Waals surface area contributed by atoms with Gasteiger partial charge in [-0.3, -0.25) is 24.3 Å². The van der Waals surface area contributed by atoms with E-state index in [9.17, 15) is 19.7 Å². The molecule has 138 valence electrons. The van der Waals surface area contributed by atoms with E-state index in [0.29, 0.717) is 12.1 Å². The smallest absolute Gasteiger partial charge is 0.270 e. The zero-order valence-corrected chi connectivity index (χ0v) is 15.0. The second-order valence-electron chi connectivity index (χ2n) is 6.37. The lowest BCUT2D eigenvalue weighted by Crippen LogP contribution is -2.33. The average molecular weight is 366 g/mol. The van der Waals surface area contributed by atoms with Crippen LogP contribution in [0.1, 0.15) is 11.1 Å². The number of nitrogens with zero attached hydrogens (tertiary/aromatic N) is 4. The number of likely N-dealkylation sites (N-methyl/N-ethyl adjacent to an activating group) is 1. The molecular weight excluding hydrogens is 348 g/mol. The molecule has 0 spiro atoms. The quantitative estimate of drug-likeness (QED) is 0.509. The van der Waals surface area contributed by atoms with Crippen molar-refractivity contribution < 1.29 is 9.72 Å². The number of fused-ring (bicyclic) bond motifs is 1. The number of carbonyl (C=O) groups is 1. The number of nitro benzene ring substituents is 1. The van der Waals surface area contributed by atoms with Crippen molar-refractivity contribution in [3.63, 3.8) is 0 Å². The van der Waals surface area contributed by atoms with Gasteiger partial charge in [0, 0.05) is 25.7 Å². The van der Waals surface area contributed by atoms with Gasteiger partial charge in [-0.1, -0.05) is 29.8 Å². The number of nitro groups is 1. The Morgan fingerprint density at radius 2 is 1.93 bits per heavy atom. The van der Waals surface area contributed by atoms with Crippen molar-refractivity contribution in [3.05, 3.63) is 80.4 Å². The van der Waals surface area contributed by atoms with Gasteiger partial charge in [-0.2, -0.15) is 0 Å². The molecule has 0 N–H and O–H groups in total. The first kappa shape index (κ1) is 18.2. The number of aromatic nitrogens is 2. The molecule has 8 heteroatoms. The minimum Gasteiger partial charge on any atom is -0.340 e. The predicted octanol–water partition coefficient (Wildman–Crippen LogP) is 2.27. The molecule has 1 amide bonds. The molecule has 0 fully saturated rings. The van der Waals surface area contributed by atoms with Crippen LogP contribution in [0.15, 0.2) is 53.6 Å². The van der Waals surface area contributed by atoms with Crippen LogP contribution in [0.5, 0.6) is 0 Å². The molecular formula is C19H18N4O4. The Kier molecular flexibility index (Phi) is 4.98. The van der Waals surface area contributed by atoms with Gasteiger partial charge < -0.3 is 4.90 Å². The predicted molar refractivity (Wildman–Crippen MR) is 100 cm³/mol. The summed E-state index contributed by atoms with van der Waals surface area (Å²) in [6, 6.07) is 11.7. The number of hydrogen-bond donors (Lipinski definition) is 0. The Labute approximate surface area is 154 Å². The normalized spacial score (nSPS) is 10.7. The molecule has 0 aliphatic heterocycles. The van der Waals surface area contributed by atoms with Crippen molar-refractivity contribution in [1.29, 1.82) is 0 Å². The van der Waals surface area contributed by atoms with Crippen molar-refractivity contribution >= 4 is 22.5 Å². The monoisotopic (exact) mass is 366 g/mol. The first-order valence-electron chi connectivity index (χ1n) is 8.28. The summed E-state index contributed by atoms with van der Waals surface area (Å²) in [5.41, 5.74) is 1.79. The molecule has 0 aliphatic carbocycles. The van der Waals surface area contributed by atoms with Crippen LogP contribution in [0.2, 0.25) is 0 Å². The van der Waals surface area contributed by atoms with Gasteiger partial charge in [-0.15, -0.1) is 0 Å². The highest BCUT2D eigenvalue weighted by molar-refractivity contribution is 5.80. The number of carbonyl (C=O) groups excluding carboxylic acids is 1. The van der Waals surface area contributed by atoms with E-state index in [4.69, 9.17) is 0 Å². The SMILES string of the molecule is Cc1ccc(CN(C)C(=O)Cn2cnc3ccc([N+](=O)[O-])cc3c2=O)cc1. The van der Waals surface area contributed by atoms with Crippen LogP contribution >= 0.6 is 0 Å². The molecule has 0 radical (unpaired) electrons. The molecule has 0 saturated carbocycles. The number of benzene rings is 2. The number of hydrogen-bond acceptors (Lipinski definition) is 5. The summed E-state index contributed by atoms with van der Waals surface area (Å²) in [6.45, 7) is 2.22. The van der Waals surface area contributed by atoms with Crippen molar-refractivity contribution in [1.82, 2.24) is 14.5 Å². The van der Waals surface area contributed by atoms with Gasteiger partial charge in [0.25, 0.3) is 11.2 Å². The van der Waals surface area contributed by atoms with Crippen LogP contribution in [0, 0.1) is 17.0 Å². The first-order chi connectivity index (χ1) is 12.8. The lowest BCUT2D eigenvalue weighted by molar-refractivity contribution is -0.384. The van der Waals surface area contributed by atoms with Crippen LogP contribution in [0.4, 0.5) is 5.69 Å². The number of amides is 1. The van der Waals surface area contributed by atoms with Gasteiger partial charge in [0.2, 0.25) is 5.91 Å². The highest BCUT2D eigenvalue weighted by Crippen LogP contribution is 2.16.